The van der Waals surface area contributed by atoms with Crippen LogP contribution in [0.25, 0.3) is 0 Å². The van der Waals surface area contributed by atoms with Gasteiger partial charge < -0.3 is 13.5 Å². The molecule has 0 bridgehead atoms. The Morgan fingerprint density at radius 2 is 1.43 bits per heavy atom. The summed E-state index contributed by atoms with van der Waals surface area (Å²) >= 11 is 0. The molecule has 0 amide bonds. The lowest BCUT2D eigenvalue weighted by Crippen LogP contribution is -2.41. The van der Waals surface area contributed by atoms with E-state index in [1.807, 2.05) is 27.7 Å². The standard InChI is InChI=1S/C13H16BF3O5S/c1-11(2)12(3,4)22-14(21-11)9-5-7-10(8-6-9)20-23(18,19)13(15,16)17/h5-8H,1-4H3. The summed E-state index contributed by atoms with van der Waals surface area (Å²) in [6.07, 6.45) is 0. The molecule has 0 spiro atoms. The van der Waals surface area contributed by atoms with Crippen molar-refractivity contribution in [3.8, 4) is 5.75 Å². The molecule has 1 aliphatic heterocycles. The molecule has 1 aliphatic rings. The molecule has 0 aromatic heterocycles. The first kappa shape index (κ1) is 18.1. The van der Waals surface area contributed by atoms with Crippen LogP contribution in [0.1, 0.15) is 27.7 Å². The molecule has 1 aromatic rings. The zero-order chi connectivity index (χ0) is 17.7. The van der Waals surface area contributed by atoms with Gasteiger partial charge in [-0.05, 0) is 45.3 Å². The maximum Gasteiger partial charge on any atom is 0.534 e. The smallest absolute Gasteiger partial charge is 0.399 e. The molecule has 0 radical (unpaired) electrons. The fraction of sp³-hybridized carbons (Fsp3) is 0.538. The van der Waals surface area contributed by atoms with E-state index in [-0.39, 0.29) is 0 Å². The van der Waals surface area contributed by atoms with Crippen LogP contribution in [0.5, 0.6) is 5.75 Å². The molecule has 1 saturated heterocycles. The van der Waals surface area contributed by atoms with E-state index in [1.165, 1.54) is 12.1 Å². The first-order valence-corrected chi connectivity index (χ1v) is 8.12. The van der Waals surface area contributed by atoms with E-state index in [0.717, 1.165) is 12.1 Å². The SMILES string of the molecule is CC1(C)OB(c2ccc(OS(=O)(=O)C(F)(F)F)cc2)OC1(C)C. The highest BCUT2D eigenvalue weighted by Gasteiger charge is 2.52. The van der Waals surface area contributed by atoms with Gasteiger partial charge in [-0.15, -0.1) is 0 Å². The summed E-state index contributed by atoms with van der Waals surface area (Å²) in [5.41, 5.74) is -6.06. The molecule has 0 saturated carbocycles. The van der Waals surface area contributed by atoms with Crippen molar-refractivity contribution in [3.05, 3.63) is 24.3 Å². The third kappa shape index (κ3) is 3.48. The Bertz CT molecular complexity index is 667. The van der Waals surface area contributed by atoms with Crippen LogP contribution in [0.3, 0.4) is 0 Å². The van der Waals surface area contributed by atoms with Crippen molar-refractivity contribution in [3.63, 3.8) is 0 Å². The van der Waals surface area contributed by atoms with Crippen molar-refractivity contribution < 1.29 is 35.1 Å². The average Bonchev–Trinajstić information content (AvgIpc) is 2.57. The first-order valence-electron chi connectivity index (χ1n) is 6.71. The highest BCUT2D eigenvalue weighted by molar-refractivity contribution is 7.88. The molecule has 1 aromatic carbocycles. The molecule has 5 nitrogen and oxygen atoms in total. The van der Waals surface area contributed by atoms with Crippen LogP contribution in [0, 0.1) is 0 Å². The molecule has 1 heterocycles. The van der Waals surface area contributed by atoms with Crippen molar-refractivity contribution >= 4 is 22.7 Å². The molecule has 23 heavy (non-hydrogen) atoms. The van der Waals surface area contributed by atoms with Gasteiger partial charge in [0.2, 0.25) is 0 Å². The Morgan fingerprint density at radius 3 is 1.83 bits per heavy atom. The number of hydrogen-bond acceptors (Lipinski definition) is 5. The molecule has 0 N–H and O–H groups in total. The molecular formula is C13H16BF3O5S. The summed E-state index contributed by atoms with van der Waals surface area (Å²) in [6, 6.07) is 5.01. The minimum Gasteiger partial charge on any atom is -0.399 e. The van der Waals surface area contributed by atoms with Crippen LogP contribution in [-0.2, 0) is 19.4 Å². The molecule has 1 fully saturated rings. The van der Waals surface area contributed by atoms with Crippen LogP contribution in [0.2, 0.25) is 0 Å². The number of benzene rings is 1. The summed E-state index contributed by atoms with van der Waals surface area (Å²) in [5.74, 6) is -0.442. The van der Waals surface area contributed by atoms with E-state index in [1.54, 1.807) is 0 Å². The summed E-state index contributed by atoms with van der Waals surface area (Å²) < 4.78 is 74.3. The Hall–Kier alpha value is -1.26. The molecule has 2 rings (SSSR count). The Morgan fingerprint density at radius 1 is 1.00 bits per heavy atom. The van der Waals surface area contributed by atoms with E-state index in [0.29, 0.717) is 5.46 Å². The topological polar surface area (TPSA) is 61.8 Å². The number of halogens is 3. The predicted octanol–water partition coefficient (Wildman–Crippen LogP) is 2.21. The van der Waals surface area contributed by atoms with Crippen LogP contribution < -0.4 is 9.65 Å². The van der Waals surface area contributed by atoms with Crippen LogP contribution in [0.4, 0.5) is 13.2 Å². The second-order valence-corrected chi connectivity index (χ2v) is 7.68. The van der Waals surface area contributed by atoms with Crippen molar-refractivity contribution in [2.24, 2.45) is 0 Å². The summed E-state index contributed by atoms with van der Waals surface area (Å²) in [4.78, 5) is 0. The van der Waals surface area contributed by atoms with Gasteiger partial charge in [0.15, 0.2) is 0 Å². The predicted molar refractivity (Wildman–Crippen MR) is 77.8 cm³/mol. The Labute approximate surface area is 133 Å². The molecular weight excluding hydrogens is 336 g/mol. The summed E-state index contributed by atoms with van der Waals surface area (Å²) in [7, 11) is -6.38. The Kier molecular flexibility index (Phi) is 4.24. The minimum atomic E-state index is -5.68. The van der Waals surface area contributed by atoms with E-state index < -0.39 is 39.7 Å². The van der Waals surface area contributed by atoms with Crippen molar-refractivity contribution in [2.45, 2.75) is 44.4 Å². The average molecular weight is 352 g/mol. The minimum absolute atomic E-state index is 0.442. The molecule has 0 unspecified atom stereocenters. The van der Waals surface area contributed by atoms with Gasteiger partial charge in [0.1, 0.15) is 5.75 Å². The number of hydrogen-bond donors (Lipinski definition) is 0. The molecule has 128 valence electrons. The molecule has 0 aliphatic carbocycles. The van der Waals surface area contributed by atoms with Gasteiger partial charge in [-0.1, -0.05) is 12.1 Å². The monoisotopic (exact) mass is 352 g/mol. The molecule has 0 atom stereocenters. The van der Waals surface area contributed by atoms with E-state index in [9.17, 15) is 21.6 Å². The fourth-order valence-electron chi connectivity index (χ4n) is 1.83. The zero-order valence-electron chi connectivity index (χ0n) is 13.0. The highest BCUT2D eigenvalue weighted by Crippen LogP contribution is 2.36. The quantitative estimate of drug-likeness (QED) is 0.474. The van der Waals surface area contributed by atoms with E-state index in [4.69, 9.17) is 9.31 Å². The lowest BCUT2D eigenvalue weighted by molar-refractivity contribution is -0.0500. The maximum absolute atomic E-state index is 12.3. The summed E-state index contributed by atoms with van der Waals surface area (Å²) in [6.45, 7) is 7.45. The Balaban J connectivity index is 2.16. The van der Waals surface area contributed by atoms with Gasteiger partial charge in [-0.3, -0.25) is 0 Å². The van der Waals surface area contributed by atoms with Gasteiger partial charge in [-0.2, -0.15) is 21.6 Å². The first-order chi connectivity index (χ1) is 10.3. The summed E-state index contributed by atoms with van der Waals surface area (Å²) in [5, 5.41) is 0. The normalized spacial score (nSPS) is 20.6. The third-order valence-corrected chi connectivity index (χ3v) is 4.87. The lowest BCUT2D eigenvalue weighted by atomic mass is 9.79. The maximum atomic E-state index is 12.3. The van der Waals surface area contributed by atoms with Crippen molar-refractivity contribution in [1.29, 1.82) is 0 Å². The third-order valence-electron chi connectivity index (χ3n) is 3.89. The van der Waals surface area contributed by atoms with Gasteiger partial charge in [0.05, 0.1) is 11.2 Å². The second-order valence-electron chi connectivity index (χ2n) is 6.14. The van der Waals surface area contributed by atoms with Gasteiger partial charge in [0.25, 0.3) is 0 Å². The number of rotatable bonds is 3. The largest absolute Gasteiger partial charge is 0.534 e. The van der Waals surface area contributed by atoms with Gasteiger partial charge in [0, 0.05) is 0 Å². The fourth-order valence-corrected chi connectivity index (χ4v) is 2.29. The van der Waals surface area contributed by atoms with Crippen LogP contribution in [0.15, 0.2) is 24.3 Å². The van der Waals surface area contributed by atoms with Crippen molar-refractivity contribution in [1.82, 2.24) is 0 Å². The van der Waals surface area contributed by atoms with Gasteiger partial charge >= 0.3 is 22.7 Å². The van der Waals surface area contributed by atoms with Crippen LogP contribution in [-0.4, -0.2) is 32.2 Å². The van der Waals surface area contributed by atoms with Crippen LogP contribution >= 0.6 is 0 Å². The van der Waals surface area contributed by atoms with Crippen molar-refractivity contribution in [2.75, 3.05) is 0 Å². The molecule has 10 heteroatoms. The highest BCUT2D eigenvalue weighted by atomic mass is 32.2. The van der Waals surface area contributed by atoms with E-state index >= 15 is 0 Å². The number of alkyl halides is 3. The second kappa shape index (κ2) is 5.39. The zero-order valence-corrected chi connectivity index (χ0v) is 13.8. The van der Waals surface area contributed by atoms with E-state index in [2.05, 4.69) is 4.18 Å². The lowest BCUT2D eigenvalue weighted by Gasteiger charge is -2.32. The van der Waals surface area contributed by atoms with Gasteiger partial charge in [-0.25, -0.2) is 0 Å².